The van der Waals surface area contributed by atoms with Gasteiger partial charge in [-0.15, -0.1) is 0 Å². The second-order valence-corrected chi connectivity index (χ2v) is 7.35. The first-order valence-corrected chi connectivity index (χ1v) is 8.43. The minimum atomic E-state index is -3.76. The zero-order valence-corrected chi connectivity index (χ0v) is 12.9. The van der Waals surface area contributed by atoms with E-state index in [9.17, 15) is 23.3 Å². The third-order valence-electron chi connectivity index (χ3n) is 3.93. The minimum Gasteiger partial charge on any atom is -0.267 e. The number of amides is 1. The molecule has 118 valence electrons. The highest BCUT2D eigenvalue weighted by molar-refractivity contribution is 7.92. The third kappa shape index (κ3) is 2.66. The lowest BCUT2D eigenvalue weighted by Gasteiger charge is -2.25. The number of carbonyl (C=O) groups is 1. The molecule has 1 saturated carbocycles. The van der Waals surface area contributed by atoms with Crippen molar-refractivity contribution in [1.29, 1.82) is 0 Å². The highest BCUT2D eigenvalue weighted by Gasteiger charge is 2.38. The highest BCUT2D eigenvalue weighted by atomic mass is 32.2. The van der Waals surface area contributed by atoms with Crippen LogP contribution in [0.4, 0.5) is 5.69 Å². The first-order valence-electron chi connectivity index (χ1n) is 6.89. The van der Waals surface area contributed by atoms with E-state index in [0.717, 1.165) is 12.5 Å². The van der Waals surface area contributed by atoms with Crippen LogP contribution in [-0.4, -0.2) is 31.2 Å². The Labute approximate surface area is 128 Å². The molecule has 0 spiro atoms. The van der Waals surface area contributed by atoms with Gasteiger partial charge in [-0.05, 0) is 37.6 Å². The Morgan fingerprint density at radius 3 is 2.50 bits per heavy atom. The van der Waals surface area contributed by atoms with Gasteiger partial charge in [-0.25, -0.2) is 13.4 Å². The number of benzene rings is 1. The van der Waals surface area contributed by atoms with Gasteiger partial charge in [0.05, 0.1) is 15.7 Å². The molecule has 1 aromatic carbocycles. The monoisotopic (exact) mass is 324 g/mol. The standard InChI is InChI=1S/C14H16N2O5S/c1-3-9-7-13(22(20,21)10-5-4-6-10)12(16(18)19)8-11(9)14(17)15-2/h7-8,10H,2-6H2,1H3. The van der Waals surface area contributed by atoms with E-state index in [-0.39, 0.29) is 10.5 Å². The number of hydrogen-bond donors (Lipinski definition) is 0. The van der Waals surface area contributed by atoms with Gasteiger partial charge in [0, 0.05) is 6.07 Å². The summed E-state index contributed by atoms with van der Waals surface area (Å²) in [6.45, 7) is 4.86. The number of carbonyl (C=O) groups excluding carboxylic acids is 1. The molecule has 1 fully saturated rings. The Bertz CT molecular complexity index is 751. The van der Waals surface area contributed by atoms with Gasteiger partial charge in [-0.1, -0.05) is 13.3 Å². The van der Waals surface area contributed by atoms with E-state index in [0.29, 0.717) is 24.8 Å². The molecule has 1 aromatic rings. The van der Waals surface area contributed by atoms with Crippen LogP contribution in [0.5, 0.6) is 0 Å². The van der Waals surface area contributed by atoms with Gasteiger partial charge < -0.3 is 0 Å². The lowest BCUT2D eigenvalue weighted by Crippen LogP contribution is -2.29. The van der Waals surface area contributed by atoms with Crippen molar-refractivity contribution in [3.8, 4) is 0 Å². The summed E-state index contributed by atoms with van der Waals surface area (Å²) in [6, 6.07) is 2.24. The van der Waals surface area contributed by atoms with Gasteiger partial charge in [0.15, 0.2) is 9.84 Å². The predicted molar refractivity (Wildman–Crippen MR) is 81.2 cm³/mol. The van der Waals surface area contributed by atoms with Crippen LogP contribution in [0.15, 0.2) is 22.0 Å². The number of aryl methyl sites for hydroxylation is 1. The molecule has 7 nitrogen and oxygen atoms in total. The summed E-state index contributed by atoms with van der Waals surface area (Å²) < 4.78 is 25.1. The van der Waals surface area contributed by atoms with Gasteiger partial charge >= 0.3 is 0 Å². The summed E-state index contributed by atoms with van der Waals surface area (Å²) in [5.41, 5.74) is -0.131. The molecule has 0 bridgehead atoms. The maximum Gasteiger partial charge on any atom is 0.288 e. The Kier molecular flexibility index (Phi) is 4.41. The number of hydrogen-bond acceptors (Lipinski definition) is 5. The van der Waals surface area contributed by atoms with Crippen molar-refractivity contribution in [2.75, 3.05) is 0 Å². The molecule has 0 N–H and O–H groups in total. The SMILES string of the molecule is C=NC(=O)c1cc([N+](=O)[O-])c(S(=O)(=O)C2CCC2)cc1CC. The molecule has 0 saturated heterocycles. The van der Waals surface area contributed by atoms with E-state index in [1.54, 1.807) is 6.92 Å². The molecule has 0 aliphatic heterocycles. The smallest absolute Gasteiger partial charge is 0.267 e. The minimum absolute atomic E-state index is 0.0248. The van der Waals surface area contributed by atoms with E-state index < -0.39 is 31.6 Å². The second kappa shape index (κ2) is 5.96. The van der Waals surface area contributed by atoms with E-state index in [1.165, 1.54) is 6.07 Å². The van der Waals surface area contributed by atoms with Crippen molar-refractivity contribution in [2.45, 2.75) is 42.8 Å². The van der Waals surface area contributed by atoms with Crippen LogP contribution in [0.1, 0.15) is 42.1 Å². The van der Waals surface area contributed by atoms with Gasteiger partial charge in [-0.3, -0.25) is 14.9 Å². The third-order valence-corrected chi connectivity index (χ3v) is 6.22. The summed E-state index contributed by atoms with van der Waals surface area (Å²) >= 11 is 0. The maximum atomic E-state index is 12.5. The fraction of sp³-hybridized carbons (Fsp3) is 0.429. The first-order chi connectivity index (χ1) is 10.3. The molecule has 0 radical (unpaired) electrons. The van der Waals surface area contributed by atoms with Gasteiger partial charge in [-0.2, -0.15) is 0 Å². The largest absolute Gasteiger partial charge is 0.288 e. The van der Waals surface area contributed by atoms with Crippen molar-refractivity contribution in [2.24, 2.45) is 4.99 Å². The Balaban J connectivity index is 2.70. The predicted octanol–water partition coefficient (Wildman–Crippen LogP) is 2.32. The number of sulfone groups is 1. The first kappa shape index (κ1) is 16.3. The normalized spacial score (nSPS) is 15.1. The number of aliphatic imine (C=N–C) groups is 1. The molecule has 0 unspecified atom stereocenters. The van der Waals surface area contributed by atoms with E-state index in [4.69, 9.17) is 0 Å². The summed E-state index contributed by atoms with van der Waals surface area (Å²) in [5.74, 6) is -0.701. The quantitative estimate of drug-likeness (QED) is 0.469. The van der Waals surface area contributed by atoms with Crippen LogP contribution < -0.4 is 0 Å². The molecule has 0 aromatic heterocycles. The van der Waals surface area contributed by atoms with Crippen molar-refractivity contribution in [3.63, 3.8) is 0 Å². The average Bonchev–Trinajstić information content (AvgIpc) is 2.42. The van der Waals surface area contributed by atoms with Gasteiger partial charge in [0.2, 0.25) is 0 Å². The molecule has 8 heteroatoms. The van der Waals surface area contributed by atoms with Gasteiger partial charge in [0.1, 0.15) is 4.90 Å². The molecule has 1 aliphatic rings. The molecule has 1 aliphatic carbocycles. The summed E-state index contributed by atoms with van der Waals surface area (Å²) in [7, 11) is -3.76. The summed E-state index contributed by atoms with van der Waals surface area (Å²) in [5, 5.41) is 10.7. The molecule has 2 rings (SSSR count). The highest BCUT2D eigenvalue weighted by Crippen LogP contribution is 2.37. The lowest BCUT2D eigenvalue weighted by molar-refractivity contribution is -0.387. The van der Waals surface area contributed by atoms with E-state index in [2.05, 4.69) is 11.7 Å². The number of rotatable bonds is 5. The van der Waals surface area contributed by atoms with Crippen LogP contribution in [0.3, 0.4) is 0 Å². The molecule has 22 heavy (non-hydrogen) atoms. The van der Waals surface area contributed by atoms with Crippen molar-refractivity contribution < 1.29 is 18.1 Å². The molecule has 0 heterocycles. The van der Waals surface area contributed by atoms with Crippen molar-refractivity contribution in [1.82, 2.24) is 0 Å². The lowest BCUT2D eigenvalue weighted by atomic mass is 10.00. The van der Waals surface area contributed by atoms with Crippen LogP contribution in [-0.2, 0) is 16.3 Å². The maximum absolute atomic E-state index is 12.5. The fourth-order valence-electron chi connectivity index (χ4n) is 2.42. The molecular formula is C14H16N2O5S. The van der Waals surface area contributed by atoms with Crippen LogP contribution >= 0.6 is 0 Å². The number of nitro benzene ring substituents is 1. The van der Waals surface area contributed by atoms with E-state index in [1.807, 2.05) is 0 Å². The Morgan fingerprint density at radius 2 is 2.09 bits per heavy atom. The fourth-order valence-corrected chi connectivity index (χ4v) is 4.46. The topological polar surface area (TPSA) is 107 Å². The average molecular weight is 324 g/mol. The van der Waals surface area contributed by atoms with E-state index >= 15 is 0 Å². The number of nitro groups is 1. The zero-order valence-electron chi connectivity index (χ0n) is 12.1. The summed E-state index contributed by atoms with van der Waals surface area (Å²) in [6.07, 6.45) is 2.18. The number of nitrogens with zero attached hydrogens (tertiary/aromatic N) is 2. The zero-order chi connectivity index (χ0) is 16.5. The molecule has 1 amide bonds. The van der Waals surface area contributed by atoms with Crippen molar-refractivity contribution >= 4 is 28.1 Å². The van der Waals surface area contributed by atoms with Crippen LogP contribution in [0.2, 0.25) is 0 Å². The second-order valence-electron chi connectivity index (χ2n) is 5.15. The molecule has 0 atom stereocenters. The Morgan fingerprint density at radius 1 is 1.45 bits per heavy atom. The Hall–Kier alpha value is -2.09. The van der Waals surface area contributed by atoms with Crippen LogP contribution in [0, 0.1) is 10.1 Å². The van der Waals surface area contributed by atoms with Crippen molar-refractivity contribution in [3.05, 3.63) is 33.4 Å². The molecular weight excluding hydrogens is 308 g/mol. The van der Waals surface area contributed by atoms with Gasteiger partial charge in [0.25, 0.3) is 11.6 Å². The van der Waals surface area contributed by atoms with Crippen LogP contribution in [0.25, 0.3) is 0 Å². The summed E-state index contributed by atoms with van der Waals surface area (Å²) in [4.78, 5) is 25.2.